The summed E-state index contributed by atoms with van der Waals surface area (Å²) in [6.45, 7) is 6.76. The quantitative estimate of drug-likeness (QED) is 0.543. The summed E-state index contributed by atoms with van der Waals surface area (Å²) in [5.74, 6) is 1.15. The number of piperidine rings is 1. The Balaban J connectivity index is 1.48. The van der Waals surface area contributed by atoms with Gasteiger partial charge in [0.25, 0.3) is 0 Å². The maximum atomic E-state index is 9.38. The second-order valence-electron chi connectivity index (χ2n) is 7.04. The minimum absolute atomic E-state index is 0.287. The fraction of sp³-hybridized carbons (Fsp3) is 0.409. The van der Waals surface area contributed by atoms with Crippen molar-refractivity contribution in [1.29, 1.82) is 0 Å². The molecule has 3 N–H and O–H groups in total. The molecule has 0 saturated carbocycles. The summed E-state index contributed by atoms with van der Waals surface area (Å²) in [4.78, 5) is 7.22. The first-order valence-corrected chi connectivity index (χ1v) is 9.82. The fourth-order valence-electron chi connectivity index (χ4n) is 3.36. The lowest BCUT2D eigenvalue weighted by molar-refractivity contribution is 0.198. The average Bonchev–Trinajstić information content (AvgIpc) is 2.70. The highest BCUT2D eigenvalue weighted by Crippen LogP contribution is 2.14. The smallest absolute Gasteiger partial charge is 0.191 e. The second kappa shape index (κ2) is 9.97. The number of likely N-dealkylation sites (tertiary alicyclic amines) is 1. The summed E-state index contributed by atoms with van der Waals surface area (Å²) in [6, 6.07) is 18.4. The number of nitrogens with one attached hydrogen (secondary N) is 2. The normalized spacial score (nSPS) is 16.3. The highest BCUT2D eigenvalue weighted by molar-refractivity contribution is 5.80. The van der Waals surface area contributed by atoms with Gasteiger partial charge in [0.2, 0.25) is 0 Å². The van der Waals surface area contributed by atoms with Gasteiger partial charge in [-0.05, 0) is 43.0 Å². The van der Waals surface area contributed by atoms with Crippen molar-refractivity contribution in [3.8, 4) is 5.75 Å². The largest absolute Gasteiger partial charge is 0.508 e. The molecule has 1 aliphatic heterocycles. The molecule has 0 radical (unpaired) electrons. The molecule has 0 spiro atoms. The summed E-state index contributed by atoms with van der Waals surface area (Å²) < 4.78 is 0. The van der Waals surface area contributed by atoms with Gasteiger partial charge in [0, 0.05) is 32.2 Å². The number of phenols is 1. The highest BCUT2D eigenvalue weighted by Gasteiger charge is 2.20. The lowest BCUT2D eigenvalue weighted by Crippen LogP contribution is -2.48. The first kappa shape index (κ1) is 19.2. The number of aliphatic imine (C=N–C) groups is 1. The molecular formula is C22H30N4O. The minimum Gasteiger partial charge on any atom is -0.508 e. The Morgan fingerprint density at radius 3 is 2.41 bits per heavy atom. The molecule has 1 aliphatic rings. The summed E-state index contributed by atoms with van der Waals surface area (Å²) in [5, 5.41) is 16.3. The number of nitrogens with zero attached hydrogens (tertiary/aromatic N) is 2. The van der Waals surface area contributed by atoms with Gasteiger partial charge < -0.3 is 15.7 Å². The van der Waals surface area contributed by atoms with Gasteiger partial charge in [-0.25, -0.2) is 4.99 Å². The van der Waals surface area contributed by atoms with Gasteiger partial charge in [-0.3, -0.25) is 4.90 Å². The molecule has 1 fully saturated rings. The van der Waals surface area contributed by atoms with Crippen LogP contribution in [0.1, 0.15) is 30.9 Å². The zero-order chi connectivity index (χ0) is 18.9. The maximum Gasteiger partial charge on any atom is 0.191 e. The predicted octanol–water partition coefficient (Wildman–Crippen LogP) is 3.11. The van der Waals surface area contributed by atoms with Crippen molar-refractivity contribution in [2.24, 2.45) is 4.99 Å². The van der Waals surface area contributed by atoms with E-state index in [1.807, 2.05) is 12.1 Å². The molecular weight excluding hydrogens is 336 g/mol. The molecule has 0 amide bonds. The molecule has 2 aromatic rings. The van der Waals surface area contributed by atoms with E-state index in [1.54, 1.807) is 12.1 Å². The Labute approximate surface area is 162 Å². The fourth-order valence-corrected chi connectivity index (χ4v) is 3.36. The molecule has 0 unspecified atom stereocenters. The lowest BCUT2D eigenvalue weighted by Gasteiger charge is -2.33. The molecule has 27 heavy (non-hydrogen) atoms. The third-order valence-electron chi connectivity index (χ3n) is 4.88. The van der Waals surface area contributed by atoms with Gasteiger partial charge in [-0.2, -0.15) is 0 Å². The zero-order valence-electron chi connectivity index (χ0n) is 16.1. The van der Waals surface area contributed by atoms with Gasteiger partial charge in [-0.15, -0.1) is 0 Å². The summed E-state index contributed by atoms with van der Waals surface area (Å²) >= 11 is 0. The van der Waals surface area contributed by atoms with Crippen LogP contribution in [0.2, 0.25) is 0 Å². The second-order valence-corrected chi connectivity index (χ2v) is 7.04. The van der Waals surface area contributed by atoms with Crippen LogP contribution < -0.4 is 10.6 Å². The van der Waals surface area contributed by atoms with Crippen molar-refractivity contribution < 1.29 is 5.11 Å². The lowest BCUT2D eigenvalue weighted by atomic mass is 10.0. The van der Waals surface area contributed by atoms with Crippen molar-refractivity contribution in [2.75, 3.05) is 19.6 Å². The highest BCUT2D eigenvalue weighted by atomic mass is 16.3. The van der Waals surface area contributed by atoms with Crippen LogP contribution in [0, 0.1) is 0 Å². The summed E-state index contributed by atoms with van der Waals surface area (Å²) in [5.41, 5.74) is 2.47. The molecule has 1 saturated heterocycles. The molecule has 0 atom stereocenters. The van der Waals surface area contributed by atoms with Crippen molar-refractivity contribution in [3.63, 3.8) is 0 Å². The molecule has 3 rings (SSSR count). The van der Waals surface area contributed by atoms with E-state index < -0.39 is 0 Å². The molecule has 0 aromatic heterocycles. The van der Waals surface area contributed by atoms with Gasteiger partial charge in [0.15, 0.2) is 5.96 Å². The number of hydrogen-bond acceptors (Lipinski definition) is 3. The van der Waals surface area contributed by atoms with Crippen molar-refractivity contribution in [1.82, 2.24) is 15.5 Å². The molecule has 2 aromatic carbocycles. The molecule has 5 heteroatoms. The van der Waals surface area contributed by atoms with E-state index in [4.69, 9.17) is 4.99 Å². The summed E-state index contributed by atoms with van der Waals surface area (Å²) in [6.07, 6.45) is 2.24. The molecule has 1 heterocycles. The van der Waals surface area contributed by atoms with Gasteiger partial charge >= 0.3 is 0 Å². The van der Waals surface area contributed by atoms with Crippen LogP contribution in [0.4, 0.5) is 0 Å². The number of guanidine groups is 1. The maximum absolute atomic E-state index is 9.38. The number of phenolic OH excluding ortho intramolecular Hbond substituents is 1. The van der Waals surface area contributed by atoms with Crippen LogP contribution in [0.5, 0.6) is 5.75 Å². The average molecular weight is 367 g/mol. The van der Waals surface area contributed by atoms with Crippen molar-refractivity contribution in [3.05, 3.63) is 65.7 Å². The third-order valence-corrected chi connectivity index (χ3v) is 4.88. The van der Waals surface area contributed by atoms with E-state index in [-0.39, 0.29) is 5.75 Å². The Hall–Kier alpha value is -2.53. The van der Waals surface area contributed by atoms with Crippen LogP contribution >= 0.6 is 0 Å². The van der Waals surface area contributed by atoms with E-state index in [0.29, 0.717) is 12.6 Å². The third kappa shape index (κ3) is 6.29. The summed E-state index contributed by atoms with van der Waals surface area (Å²) in [7, 11) is 0. The zero-order valence-corrected chi connectivity index (χ0v) is 16.1. The van der Waals surface area contributed by atoms with Crippen LogP contribution in [0.3, 0.4) is 0 Å². The number of benzene rings is 2. The molecule has 0 aliphatic carbocycles. The minimum atomic E-state index is 0.287. The van der Waals surface area contributed by atoms with Crippen LogP contribution in [-0.4, -0.2) is 41.6 Å². The number of hydrogen-bond donors (Lipinski definition) is 3. The predicted molar refractivity (Wildman–Crippen MR) is 111 cm³/mol. The monoisotopic (exact) mass is 366 g/mol. The number of rotatable bonds is 6. The van der Waals surface area contributed by atoms with Crippen molar-refractivity contribution in [2.45, 2.75) is 38.9 Å². The van der Waals surface area contributed by atoms with Gasteiger partial charge in [-0.1, -0.05) is 42.5 Å². The Morgan fingerprint density at radius 1 is 1.04 bits per heavy atom. The van der Waals surface area contributed by atoms with E-state index in [0.717, 1.165) is 50.5 Å². The Kier molecular flexibility index (Phi) is 7.11. The van der Waals surface area contributed by atoms with Crippen LogP contribution in [-0.2, 0) is 13.1 Å². The van der Waals surface area contributed by atoms with Crippen LogP contribution in [0.25, 0.3) is 0 Å². The van der Waals surface area contributed by atoms with E-state index in [1.165, 1.54) is 5.56 Å². The van der Waals surface area contributed by atoms with E-state index in [2.05, 4.69) is 52.8 Å². The van der Waals surface area contributed by atoms with Gasteiger partial charge in [0.1, 0.15) is 5.75 Å². The molecule has 5 nitrogen and oxygen atoms in total. The van der Waals surface area contributed by atoms with E-state index >= 15 is 0 Å². The van der Waals surface area contributed by atoms with Gasteiger partial charge in [0.05, 0.1) is 6.54 Å². The Morgan fingerprint density at radius 2 is 1.74 bits per heavy atom. The van der Waals surface area contributed by atoms with Crippen LogP contribution in [0.15, 0.2) is 59.6 Å². The standard InChI is InChI=1S/C22H30N4O/c1-2-23-22(24-16-18-8-10-21(27)11-9-18)25-20-12-14-26(15-13-20)17-19-6-4-3-5-7-19/h3-11,20,27H,2,12-17H2,1H3,(H2,23,24,25). The van der Waals surface area contributed by atoms with Crippen molar-refractivity contribution >= 4 is 5.96 Å². The Bertz CT molecular complexity index is 707. The first-order chi connectivity index (χ1) is 13.2. The van der Waals surface area contributed by atoms with E-state index in [9.17, 15) is 5.11 Å². The molecule has 144 valence electrons. The molecule has 0 bridgehead atoms. The number of aromatic hydroxyl groups is 1. The SMILES string of the molecule is CCNC(=NCc1ccc(O)cc1)NC1CCN(Cc2ccccc2)CC1. The first-order valence-electron chi connectivity index (χ1n) is 9.82. The topological polar surface area (TPSA) is 59.9 Å².